The number of hydrogen-bond acceptors (Lipinski definition) is 4. The minimum Gasteiger partial charge on any atom is -0.325 e. The van der Waals surface area contributed by atoms with Gasteiger partial charge in [-0.1, -0.05) is 30.3 Å². The van der Waals surface area contributed by atoms with Crippen LogP contribution in [0.4, 0.5) is 18.9 Å². The fourth-order valence-corrected chi connectivity index (χ4v) is 3.57. The van der Waals surface area contributed by atoms with Gasteiger partial charge in [-0.15, -0.1) is 0 Å². The Morgan fingerprint density at radius 2 is 1.62 bits per heavy atom. The molecule has 0 atom stereocenters. The lowest BCUT2D eigenvalue weighted by Crippen LogP contribution is -2.42. The molecule has 1 N–H and O–H groups in total. The van der Waals surface area contributed by atoms with Crippen molar-refractivity contribution in [2.45, 2.75) is 25.7 Å². The lowest BCUT2D eigenvalue weighted by atomic mass is 10.1. The molecular weight excluding hydrogens is 449 g/mol. The second-order valence-corrected chi connectivity index (χ2v) is 7.56. The van der Waals surface area contributed by atoms with Crippen molar-refractivity contribution < 1.29 is 18.0 Å². The highest BCUT2D eigenvalue weighted by atomic mass is 19.4. The van der Waals surface area contributed by atoms with Crippen molar-refractivity contribution in [3.8, 4) is 0 Å². The highest BCUT2D eigenvalue weighted by Crippen LogP contribution is 2.29. The lowest BCUT2D eigenvalue weighted by Gasteiger charge is -2.14. The summed E-state index contributed by atoms with van der Waals surface area (Å²) < 4.78 is 40.4. The maximum absolute atomic E-state index is 13.2. The second kappa shape index (κ2) is 9.34. The number of nitrogens with zero attached hydrogens (tertiary/aromatic N) is 3. The highest BCUT2D eigenvalue weighted by molar-refractivity contribution is 5.91. The van der Waals surface area contributed by atoms with Gasteiger partial charge in [0.2, 0.25) is 5.91 Å². The summed E-state index contributed by atoms with van der Waals surface area (Å²) in [5, 5.41) is 2.48. The molecule has 2 heterocycles. The number of nitrogens with one attached hydrogen (secondary N) is 1. The Bertz CT molecular complexity index is 1440. The third-order valence-electron chi connectivity index (χ3n) is 5.25. The Balaban J connectivity index is 1.63. The number of hydrogen-bond donors (Lipinski definition) is 1. The average Bonchev–Trinajstić information content (AvgIpc) is 2.82. The zero-order valence-electron chi connectivity index (χ0n) is 17.7. The van der Waals surface area contributed by atoms with Crippen molar-refractivity contribution in [2.75, 3.05) is 5.32 Å². The molecule has 4 aromatic rings. The summed E-state index contributed by atoms with van der Waals surface area (Å²) in [7, 11) is 0. The summed E-state index contributed by atoms with van der Waals surface area (Å²) in [5.41, 5.74) is -0.773. The molecule has 0 aliphatic heterocycles. The standard InChI is InChI=1S/C24H19F3N4O3/c25-24(26,27)17-8-10-18(11-9-17)29-20(32)15-31-19-7-4-13-28-21(19)22(33)30(23(31)34)14-12-16-5-2-1-3-6-16/h1-11,13H,12,14-15H2,(H,29,32). The van der Waals surface area contributed by atoms with E-state index in [1.807, 2.05) is 30.3 Å². The molecule has 174 valence electrons. The fourth-order valence-electron chi connectivity index (χ4n) is 3.57. The SMILES string of the molecule is O=C(Cn1c(=O)n(CCc2ccccc2)c(=O)c2ncccc21)Nc1ccc(C(F)(F)F)cc1. The van der Waals surface area contributed by atoms with E-state index in [0.29, 0.717) is 6.42 Å². The third-order valence-corrected chi connectivity index (χ3v) is 5.25. The molecule has 2 aromatic heterocycles. The molecule has 0 saturated carbocycles. The molecule has 0 radical (unpaired) electrons. The monoisotopic (exact) mass is 468 g/mol. The number of carbonyl (C=O) groups excluding carboxylic acids is 1. The van der Waals surface area contributed by atoms with Crippen LogP contribution in [0.25, 0.3) is 11.0 Å². The van der Waals surface area contributed by atoms with Gasteiger partial charge < -0.3 is 5.32 Å². The van der Waals surface area contributed by atoms with Gasteiger partial charge in [0.1, 0.15) is 6.54 Å². The molecule has 0 fully saturated rings. The number of amides is 1. The zero-order chi connectivity index (χ0) is 24.3. The molecular formula is C24H19F3N4O3. The van der Waals surface area contributed by atoms with E-state index in [1.54, 1.807) is 6.07 Å². The second-order valence-electron chi connectivity index (χ2n) is 7.56. The average molecular weight is 468 g/mol. The first-order chi connectivity index (χ1) is 16.2. The van der Waals surface area contributed by atoms with Crippen LogP contribution in [-0.2, 0) is 30.5 Å². The number of rotatable bonds is 6. The predicted octanol–water partition coefficient (Wildman–Crippen LogP) is 3.46. The van der Waals surface area contributed by atoms with Gasteiger partial charge in [-0.25, -0.2) is 9.78 Å². The largest absolute Gasteiger partial charge is 0.416 e. The van der Waals surface area contributed by atoms with E-state index in [-0.39, 0.29) is 23.3 Å². The maximum Gasteiger partial charge on any atom is 0.416 e. The zero-order valence-corrected chi connectivity index (χ0v) is 17.7. The van der Waals surface area contributed by atoms with E-state index in [4.69, 9.17) is 0 Å². The quantitative estimate of drug-likeness (QED) is 0.470. The van der Waals surface area contributed by atoms with Crippen molar-refractivity contribution in [2.24, 2.45) is 0 Å². The van der Waals surface area contributed by atoms with Gasteiger partial charge in [-0.3, -0.25) is 18.7 Å². The number of anilines is 1. The first-order valence-electron chi connectivity index (χ1n) is 10.3. The summed E-state index contributed by atoms with van der Waals surface area (Å²) in [6.45, 7) is -0.359. The van der Waals surface area contributed by atoms with E-state index in [9.17, 15) is 27.6 Å². The summed E-state index contributed by atoms with van der Waals surface area (Å²) >= 11 is 0. The van der Waals surface area contributed by atoms with Crippen molar-refractivity contribution >= 4 is 22.6 Å². The van der Waals surface area contributed by atoms with Crippen LogP contribution in [-0.4, -0.2) is 20.0 Å². The molecule has 1 amide bonds. The van der Waals surface area contributed by atoms with Crippen LogP contribution in [0.1, 0.15) is 11.1 Å². The molecule has 7 nitrogen and oxygen atoms in total. The smallest absolute Gasteiger partial charge is 0.325 e. The van der Waals surface area contributed by atoms with Crippen molar-refractivity contribution in [3.05, 3.63) is 105 Å². The van der Waals surface area contributed by atoms with Crippen LogP contribution in [0.3, 0.4) is 0 Å². The first kappa shape index (κ1) is 23.0. The van der Waals surface area contributed by atoms with Gasteiger partial charge in [0, 0.05) is 18.4 Å². The Morgan fingerprint density at radius 3 is 2.29 bits per heavy atom. The molecule has 0 aliphatic rings. The summed E-state index contributed by atoms with van der Waals surface area (Å²) in [6.07, 6.45) is -2.65. The van der Waals surface area contributed by atoms with Crippen molar-refractivity contribution in [1.82, 2.24) is 14.1 Å². The number of fused-ring (bicyclic) bond motifs is 1. The third kappa shape index (κ3) is 4.90. The van der Waals surface area contributed by atoms with Crippen LogP contribution in [0.15, 0.2) is 82.5 Å². The maximum atomic E-state index is 13.2. The highest BCUT2D eigenvalue weighted by Gasteiger charge is 2.30. The van der Waals surface area contributed by atoms with Crippen LogP contribution < -0.4 is 16.6 Å². The van der Waals surface area contributed by atoms with Gasteiger partial charge in [0.25, 0.3) is 5.56 Å². The van der Waals surface area contributed by atoms with E-state index in [2.05, 4.69) is 10.3 Å². The van der Waals surface area contributed by atoms with Gasteiger partial charge in [-0.2, -0.15) is 13.2 Å². The molecule has 2 aromatic carbocycles. The van der Waals surface area contributed by atoms with E-state index in [1.165, 1.54) is 12.3 Å². The Labute approximate surface area is 191 Å². The summed E-state index contributed by atoms with van der Waals surface area (Å²) in [4.78, 5) is 42.8. The number of alkyl halides is 3. The number of carbonyl (C=O) groups is 1. The minimum absolute atomic E-state index is 0.0393. The van der Waals surface area contributed by atoms with E-state index < -0.39 is 35.4 Å². The number of benzene rings is 2. The van der Waals surface area contributed by atoms with Crippen molar-refractivity contribution in [3.63, 3.8) is 0 Å². The molecule has 10 heteroatoms. The minimum atomic E-state index is -4.49. The molecule has 34 heavy (non-hydrogen) atoms. The predicted molar refractivity (Wildman–Crippen MR) is 120 cm³/mol. The topological polar surface area (TPSA) is 86.0 Å². The lowest BCUT2D eigenvalue weighted by molar-refractivity contribution is -0.137. The number of halogens is 3. The number of aryl methyl sites for hydroxylation is 1. The van der Waals surface area contributed by atoms with Crippen LogP contribution in [0, 0.1) is 0 Å². The molecule has 0 spiro atoms. The van der Waals surface area contributed by atoms with Gasteiger partial charge in [-0.05, 0) is 48.4 Å². The summed E-state index contributed by atoms with van der Waals surface area (Å²) in [6, 6.07) is 16.3. The van der Waals surface area contributed by atoms with Crippen LogP contribution in [0.5, 0.6) is 0 Å². The fraction of sp³-hybridized carbons (Fsp3) is 0.167. The van der Waals surface area contributed by atoms with Crippen molar-refractivity contribution in [1.29, 1.82) is 0 Å². The number of aromatic nitrogens is 3. The van der Waals surface area contributed by atoms with Gasteiger partial charge >= 0.3 is 11.9 Å². The Morgan fingerprint density at radius 1 is 0.912 bits per heavy atom. The van der Waals surface area contributed by atoms with Crippen LogP contribution >= 0.6 is 0 Å². The summed E-state index contributed by atoms with van der Waals surface area (Å²) in [5.74, 6) is -0.639. The Hall–Kier alpha value is -4.21. The Kier molecular flexibility index (Phi) is 6.31. The van der Waals surface area contributed by atoms with Gasteiger partial charge in [0.15, 0.2) is 5.52 Å². The normalized spacial score (nSPS) is 11.5. The van der Waals surface area contributed by atoms with Crippen LogP contribution in [0.2, 0.25) is 0 Å². The van der Waals surface area contributed by atoms with E-state index in [0.717, 1.165) is 39.0 Å². The molecule has 0 unspecified atom stereocenters. The molecule has 0 bridgehead atoms. The number of pyridine rings is 1. The van der Waals surface area contributed by atoms with Gasteiger partial charge in [0.05, 0.1) is 11.1 Å². The van der Waals surface area contributed by atoms with E-state index >= 15 is 0 Å². The molecule has 0 aliphatic carbocycles. The first-order valence-corrected chi connectivity index (χ1v) is 10.3. The molecule has 0 saturated heterocycles. The molecule has 4 rings (SSSR count).